The average Bonchev–Trinajstić information content (AvgIpc) is 2.19. The molecule has 0 N–H and O–H groups in total. The minimum atomic E-state index is -0.222. The number of ketones is 1. The average molecular weight is 178 g/mol. The van der Waals surface area contributed by atoms with Crippen LogP contribution in [0.2, 0.25) is 0 Å². The van der Waals surface area contributed by atoms with Crippen molar-refractivity contribution in [3.05, 3.63) is 0 Å². The maximum atomic E-state index is 11.8. The van der Waals surface area contributed by atoms with Crippen LogP contribution < -0.4 is 0 Å². The fraction of sp³-hybridized carbons (Fsp3) is 0.818. The van der Waals surface area contributed by atoms with E-state index < -0.39 is 0 Å². The van der Waals surface area contributed by atoms with Gasteiger partial charge in [0.05, 0.1) is 5.92 Å². The summed E-state index contributed by atoms with van der Waals surface area (Å²) in [4.78, 5) is 22.6. The lowest BCUT2D eigenvalue weighted by atomic mass is 9.49. The van der Waals surface area contributed by atoms with Gasteiger partial charge in [-0.2, -0.15) is 0 Å². The van der Waals surface area contributed by atoms with Crippen LogP contribution in [0.4, 0.5) is 0 Å². The Hall–Kier alpha value is -0.660. The maximum absolute atomic E-state index is 11.8. The molecule has 0 aliphatic heterocycles. The van der Waals surface area contributed by atoms with Gasteiger partial charge in [0.25, 0.3) is 0 Å². The summed E-state index contributed by atoms with van der Waals surface area (Å²) in [6.45, 7) is 0. The van der Waals surface area contributed by atoms with Crippen LogP contribution in [0.3, 0.4) is 0 Å². The highest BCUT2D eigenvalue weighted by Gasteiger charge is 2.54. The fourth-order valence-corrected chi connectivity index (χ4v) is 3.89. The molecule has 0 amide bonds. The van der Waals surface area contributed by atoms with Crippen molar-refractivity contribution in [1.29, 1.82) is 0 Å². The van der Waals surface area contributed by atoms with Crippen molar-refractivity contribution in [1.82, 2.24) is 0 Å². The third-order valence-corrected chi connectivity index (χ3v) is 4.52. The van der Waals surface area contributed by atoms with Gasteiger partial charge in [0.15, 0.2) is 0 Å². The molecule has 2 nitrogen and oxygen atoms in total. The molecule has 5 aliphatic rings. The molecule has 5 rings (SSSR count). The van der Waals surface area contributed by atoms with Crippen molar-refractivity contribution in [2.24, 2.45) is 29.6 Å². The van der Waals surface area contributed by atoms with Gasteiger partial charge in [0, 0.05) is 5.92 Å². The number of Topliss-reactive ketones (excluding diaryl/α,β-unsaturated/α-hetero) is 1. The van der Waals surface area contributed by atoms with E-state index >= 15 is 0 Å². The third-order valence-electron chi connectivity index (χ3n) is 4.52. The van der Waals surface area contributed by atoms with Crippen molar-refractivity contribution in [2.75, 3.05) is 0 Å². The monoisotopic (exact) mass is 178 g/mol. The van der Waals surface area contributed by atoms with Gasteiger partial charge in [-0.05, 0) is 43.4 Å². The van der Waals surface area contributed by atoms with Gasteiger partial charge >= 0.3 is 0 Å². The summed E-state index contributed by atoms with van der Waals surface area (Å²) in [5.41, 5.74) is 0. The Morgan fingerprint density at radius 3 is 2.54 bits per heavy atom. The predicted octanol–water partition coefficient (Wildman–Crippen LogP) is 1.44. The Morgan fingerprint density at radius 2 is 1.92 bits per heavy atom. The first-order valence-electron chi connectivity index (χ1n) is 5.30. The Bertz CT molecular complexity index is 271. The molecule has 2 heteroatoms. The highest BCUT2D eigenvalue weighted by Crippen LogP contribution is 2.56. The molecule has 13 heavy (non-hydrogen) atoms. The number of rotatable bonds is 1. The number of carbonyl (C=O) groups is 2. The van der Waals surface area contributed by atoms with E-state index in [1.54, 1.807) is 0 Å². The molecule has 5 aliphatic carbocycles. The van der Waals surface area contributed by atoms with Gasteiger partial charge < -0.3 is 4.79 Å². The molecule has 5 saturated carbocycles. The zero-order chi connectivity index (χ0) is 9.00. The predicted molar refractivity (Wildman–Crippen MR) is 47.0 cm³/mol. The van der Waals surface area contributed by atoms with Gasteiger partial charge in [-0.25, -0.2) is 0 Å². The Balaban J connectivity index is 1.99. The van der Waals surface area contributed by atoms with Gasteiger partial charge in [-0.1, -0.05) is 0 Å². The molecule has 5 atom stereocenters. The SMILES string of the molecule is O=CC1C(=O)C2CC3CCC2CC31. The smallest absolute Gasteiger partial charge is 0.146 e. The molecule has 5 unspecified atom stereocenters. The topological polar surface area (TPSA) is 34.1 Å². The van der Waals surface area contributed by atoms with Crippen molar-refractivity contribution in [3.63, 3.8) is 0 Å². The van der Waals surface area contributed by atoms with Gasteiger partial charge in [0.2, 0.25) is 0 Å². The number of aldehydes is 1. The van der Waals surface area contributed by atoms with E-state index in [1.807, 2.05) is 0 Å². The summed E-state index contributed by atoms with van der Waals surface area (Å²) in [5, 5.41) is 0. The standard InChI is InChI=1S/C11H14O2/c12-5-10-8-3-7-2-1-6(8)4-9(7)11(10)13/h5-10H,1-4H2. The molecule has 0 heterocycles. The Labute approximate surface area is 77.7 Å². The lowest BCUT2D eigenvalue weighted by Crippen LogP contribution is -2.53. The Morgan fingerprint density at radius 1 is 1.15 bits per heavy atom. The largest absolute Gasteiger partial charge is 0.303 e. The second kappa shape index (κ2) is 2.43. The summed E-state index contributed by atoms with van der Waals surface area (Å²) in [6.07, 6.45) is 5.67. The molecule has 0 aromatic heterocycles. The van der Waals surface area contributed by atoms with Crippen molar-refractivity contribution >= 4 is 12.1 Å². The molecule has 0 aromatic carbocycles. The lowest BCUT2D eigenvalue weighted by Gasteiger charge is -2.53. The highest BCUT2D eigenvalue weighted by atomic mass is 16.1. The lowest BCUT2D eigenvalue weighted by molar-refractivity contribution is -0.152. The van der Waals surface area contributed by atoms with Crippen LogP contribution in [-0.2, 0) is 9.59 Å². The van der Waals surface area contributed by atoms with Crippen LogP contribution in [0, 0.1) is 29.6 Å². The third kappa shape index (κ3) is 0.839. The zero-order valence-corrected chi connectivity index (χ0v) is 7.61. The first-order chi connectivity index (χ1) is 6.31. The van der Waals surface area contributed by atoms with Gasteiger partial charge in [-0.3, -0.25) is 4.79 Å². The van der Waals surface area contributed by atoms with Crippen LogP contribution in [0.1, 0.15) is 25.7 Å². The first-order valence-corrected chi connectivity index (χ1v) is 5.30. The Kier molecular flexibility index (Phi) is 1.44. The minimum Gasteiger partial charge on any atom is -0.303 e. The van der Waals surface area contributed by atoms with Crippen molar-refractivity contribution in [3.8, 4) is 0 Å². The number of hydrogen-bond acceptors (Lipinski definition) is 2. The molecule has 0 radical (unpaired) electrons. The van der Waals surface area contributed by atoms with Crippen LogP contribution in [0.5, 0.6) is 0 Å². The molecule has 0 saturated heterocycles. The van der Waals surface area contributed by atoms with E-state index in [0.29, 0.717) is 17.8 Å². The summed E-state index contributed by atoms with van der Waals surface area (Å²) >= 11 is 0. The van der Waals surface area contributed by atoms with E-state index in [9.17, 15) is 9.59 Å². The van der Waals surface area contributed by atoms with E-state index in [-0.39, 0.29) is 17.6 Å². The van der Waals surface area contributed by atoms with Crippen molar-refractivity contribution < 1.29 is 9.59 Å². The summed E-state index contributed by atoms with van der Waals surface area (Å²) in [6, 6.07) is 0. The number of hydrogen-bond donors (Lipinski definition) is 0. The quantitative estimate of drug-likeness (QED) is 0.449. The zero-order valence-electron chi connectivity index (χ0n) is 7.61. The second-order valence-corrected chi connectivity index (χ2v) is 4.90. The normalized spacial score (nSPS) is 52.6. The molecular weight excluding hydrogens is 164 g/mol. The van der Waals surface area contributed by atoms with Crippen LogP contribution >= 0.6 is 0 Å². The van der Waals surface area contributed by atoms with Crippen molar-refractivity contribution in [2.45, 2.75) is 25.7 Å². The second-order valence-electron chi connectivity index (χ2n) is 4.90. The van der Waals surface area contributed by atoms with Crippen LogP contribution in [0.25, 0.3) is 0 Å². The molecule has 0 aromatic rings. The fourth-order valence-electron chi connectivity index (χ4n) is 3.89. The summed E-state index contributed by atoms with van der Waals surface area (Å²) in [5.74, 6) is 2.07. The molecule has 0 spiro atoms. The molecular formula is C11H14O2. The first kappa shape index (κ1) is 7.72. The molecule has 4 bridgehead atoms. The maximum Gasteiger partial charge on any atom is 0.146 e. The summed E-state index contributed by atoms with van der Waals surface area (Å²) < 4.78 is 0. The van der Waals surface area contributed by atoms with Gasteiger partial charge in [-0.15, -0.1) is 0 Å². The van der Waals surface area contributed by atoms with E-state index in [2.05, 4.69) is 0 Å². The van der Waals surface area contributed by atoms with Gasteiger partial charge in [0.1, 0.15) is 12.1 Å². The van der Waals surface area contributed by atoms with E-state index in [0.717, 1.165) is 19.1 Å². The number of carbonyl (C=O) groups excluding carboxylic acids is 2. The number of fused-ring (bicyclic) bond motifs is 2. The molecule has 70 valence electrons. The van der Waals surface area contributed by atoms with E-state index in [1.165, 1.54) is 12.8 Å². The molecule has 5 fully saturated rings. The van der Waals surface area contributed by atoms with E-state index in [4.69, 9.17) is 0 Å². The minimum absolute atomic E-state index is 0.222. The van der Waals surface area contributed by atoms with Crippen LogP contribution in [0.15, 0.2) is 0 Å². The highest BCUT2D eigenvalue weighted by molar-refractivity contribution is 5.96. The summed E-state index contributed by atoms with van der Waals surface area (Å²) in [7, 11) is 0. The van der Waals surface area contributed by atoms with Crippen LogP contribution in [-0.4, -0.2) is 12.1 Å².